The minimum atomic E-state index is 0.0301. The van der Waals surface area contributed by atoms with E-state index < -0.39 is 0 Å². The molecule has 0 aromatic carbocycles. The van der Waals surface area contributed by atoms with Crippen molar-refractivity contribution in [2.75, 3.05) is 0 Å². The maximum atomic E-state index is 5.22. The topological polar surface area (TPSA) is 38.0 Å². The third-order valence-corrected chi connectivity index (χ3v) is 0.381. The van der Waals surface area contributed by atoms with Crippen LogP contribution < -0.4 is 11.1 Å². The Balaban J connectivity index is 2.81. The zero-order chi connectivity index (χ0) is 4.99. The molecule has 1 atom stereocenters. The van der Waals surface area contributed by atoms with Crippen LogP contribution in [0, 0.1) is 0 Å². The van der Waals surface area contributed by atoms with E-state index in [4.69, 9.17) is 5.73 Å². The Morgan fingerprint density at radius 2 is 2.50 bits per heavy atom. The maximum Gasteiger partial charge on any atom is 0.0708 e. The minimum Gasteiger partial charge on any atom is -0.377 e. The molecule has 2 nitrogen and oxygen atoms in total. The van der Waals surface area contributed by atoms with Gasteiger partial charge >= 0.3 is 0 Å². The number of hydrogen-bond acceptors (Lipinski definition) is 2. The SMILES string of the molecule is C=CNC(C)N. The average molecular weight is 86.1 g/mol. The van der Waals surface area contributed by atoms with E-state index in [1.165, 1.54) is 0 Å². The summed E-state index contributed by atoms with van der Waals surface area (Å²) in [7, 11) is 0. The molecule has 0 aliphatic heterocycles. The first-order chi connectivity index (χ1) is 2.77. The van der Waals surface area contributed by atoms with Crippen LogP contribution in [0.15, 0.2) is 12.8 Å². The molecule has 0 fully saturated rings. The molecule has 0 rings (SSSR count). The summed E-state index contributed by atoms with van der Waals surface area (Å²) in [6.07, 6.45) is 1.60. The van der Waals surface area contributed by atoms with Crippen LogP contribution in [0.2, 0.25) is 0 Å². The number of nitrogens with one attached hydrogen (secondary N) is 1. The highest BCUT2D eigenvalue weighted by molar-refractivity contribution is 4.64. The van der Waals surface area contributed by atoms with Gasteiger partial charge in [0.15, 0.2) is 0 Å². The van der Waals surface area contributed by atoms with Crippen molar-refractivity contribution in [1.82, 2.24) is 5.32 Å². The maximum absolute atomic E-state index is 5.22. The zero-order valence-corrected chi connectivity index (χ0v) is 3.94. The molecule has 0 bridgehead atoms. The smallest absolute Gasteiger partial charge is 0.0708 e. The number of nitrogens with two attached hydrogens (primary N) is 1. The summed E-state index contributed by atoms with van der Waals surface area (Å²) in [6, 6.07) is 0. The molecule has 0 saturated heterocycles. The molecule has 1 unspecified atom stereocenters. The molecular weight excluding hydrogens is 76.1 g/mol. The monoisotopic (exact) mass is 86.1 g/mol. The molecule has 0 aliphatic carbocycles. The molecular formula is C4H10N2. The second kappa shape index (κ2) is 2.72. The summed E-state index contributed by atoms with van der Waals surface area (Å²) in [5, 5.41) is 2.75. The van der Waals surface area contributed by atoms with Crippen LogP contribution in [0.4, 0.5) is 0 Å². The van der Waals surface area contributed by atoms with E-state index >= 15 is 0 Å². The van der Waals surface area contributed by atoms with E-state index in [2.05, 4.69) is 11.9 Å². The Bertz CT molecular complexity index is 40.8. The lowest BCUT2D eigenvalue weighted by atomic mass is 10.6. The van der Waals surface area contributed by atoms with Gasteiger partial charge in [0.25, 0.3) is 0 Å². The summed E-state index contributed by atoms with van der Waals surface area (Å²) in [4.78, 5) is 0. The standard InChI is InChI=1S/C4H10N2/c1-3-6-4(2)5/h3-4,6H,1,5H2,2H3. The molecule has 3 N–H and O–H groups in total. The van der Waals surface area contributed by atoms with Crippen LogP contribution in [0.25, 0.3) is 0 Å². The summed E-state index contributed by atoms with van der Waals surface area (Å²) in [5.74, 6) is 0. The van der Waals surface area contributed by atoms with Crippen molar-refractivity contribution in [2.24, 2.45) is 5.73 Å². The van der Waals surface area contributed by atoms with E-state index in [1.807, 2.05) is 6.92 Å². The van der Waals surface area contributed by atoms with Gasteiger partial charge < -0.3 is 11.1 Å². The van der Waals surface area contributed by atoms with E-state index in [1.54, 1.807) is 6.20 Å². The Kier molecular flexibility index (Phi) is 2.50. The Morgan fingerprint density at radius 1 is 2.00 bits per heavy atom. The fourth-order valence-electron chi connectivity index (χ4n) is 0.186. The van der Waals surface area contributed by atoms with Gasteiger partial charge in [-0.2, -0.15) is 0 Å². The average Bonchev–Trinajstić information content (AvgIpc) is 1.35. The quantitative estimate of drug-likeness (QED) is 0.465. The molecule has 36 valence electrons. The molecule has 0 saturated carbocycles. The van der Waals surface area contributed by atoms with E-state index in [0.29, 0.717) is 0 Å². The van der Waals surface area contributed by atoms with Gasteiger partial charge in [-0.05, 0) is 13.1 Å². The second-order valence-electron chi connectivity index (χ2n) is 1.16. The van der Waals surface area contributed by atoms with Crippen LogP contribution in [-0.2, 0) is 0 Å². The minimum absolute atomic E-state index is 0.0301. The van der Waals surface area contributed by atoms with Crippen molar-refractivity contribution in [3.8, 4) is 0 Å². The Morgan fingerprint density at radius 3 is 2.50 bits per heavy atom. The highest BCUT2D eigenvalue weighted by Crippen LogP contribution is 1.59. The van der Waals surface area contributed by atoms with E-state index in [9.17, 15) is 0 Å². The van der Waals surface area contributed by atoms with Gasteiger partial charge in [-0.1, -0.05) is 6.58 Å². The summed E-state index contributed by atoms with van der Waals surface area (Å²) in [5.41, 5.74) is 5.22. The van der Waals surface area contributed by atoms with Crippen molar-refractivity contribution >= 4 is 0 Å². The lowest BCUT2D eigenvalue weighted by Gasteiger charge is -1.99. The zero-order valence-electron chi connectivity index (χ0n) is 3.94. The molecule has 0 radical (unpaired) electrons. The van der Waals surface area contributed by atoms with Crippen molar-refractivity contribution in [3.05, 3.63) is 12.8 Å². The third kappa shape index (κ3) is 3.50. The van der Waals surface area contributed by atoms with Gasteiger partial charge in [0, 0.05) is 0 Å². The van der Waals surface area contributed by atoms with Gasteiger partial charge in [-0.3, -0.25) is 0 Å². The van der Waals surface area contributed by atoms with Gasteiger partial charge in [0.1, 0.15) is 0 Å². The molecule has 6 heavy (non-hydrogen) atoms. The molecule has 0 aliphatic rings. The summed E-state index contributed by atoms with van der Waals surface area (Å²) >= 11 is 0. The molecule has 0 aromatic rings. The predicted octanol–water partition coefficient (Wildman–Crippen LogP) is 0.0242. The first-order valence-electron chi connectivity index (χ1n) is 1.90. The first kappa shape index (κ1) is 5.50. The lowest BCUT2D eigenvalue weighted by Crippen LogP contribution is -2.29. The lowest BCUT2D eigenvalue weighted by molar-refractivity contribution is 0.671. The van der Waals surface area contributed by atoms with E-state index in [-0.39, 0.29) is 6.17 Å². The van der Waals surface area contributed by atoms with Gasteiger partial charge in [-0.25, -0.2) is 0 Å². The molecule has 0 heterocycles. The first-order valence-corrected chi connectivity index (χ1v) is 1.90. The molecule has 0 amide bonds. The molecule has 0 spiro atoms. The van der Waals surface area contributed by atoms with Crippen LogP contribution in [0.1, 0.15) is 6.92 Å². The van der Waals surface area contributed by atoms with Crippen LogP contribution in [0.5, 0.6) is 0 Å². The van der Waals surface area contributed by atoms with Crippen LogP contribution in [-0.4, -0.2) is 6.17 Å². The van der Waals surface area contributed by atoms with Crippen LogP contribution in [0.3, 0.4) is 0 Å². The van der Waals surface area contributed by atoms with Crippen molar-refractivity contribution < 1.29 is 0 Å². The fraction of sp³-hybridized carbons (Fsp3) is 0.500. The number of rotatable bonds is 2. The van der Waals surface area contributed by atoms with Gasteiger partial charge in [0.05, 0.1) is 6.17 Å². The summed E-state index contributed by atoms with van der Waals surface area (Å²) in [6.45, 7) is 5.26. The van der Waals surface area contributed by atoms with E-state index in [0.717, 1.165) is 0 Å². The summed E-state index contributed by atoms with van der Waals surface area (Å²) < 4.78 is 0. The van der Waals surface area contributed by atoms with Gasteiger partial charge in [-0.15, -0.1) is 0 Å². The van der Waals surface area contributed by atoms with Crippen molar-refractivity contribution in [2.45, 2.75) is 13.1 Å². The van der Waals surface area contributed by atoms with Gasteiger partial charge in [0.2, 0.25) is 0 Å². The molecule has 0 aromatic heterocycles. The van der Waals surface area contributed by atoms with Crippen molar-refractivity contribution in [1.29, 1.82) is 0 Å². The highest BCUT2D eigenvalue weighted by atomic mass is 15.0. The number of hydrogen-bond donors (Lipinski definition) is 2. The predicted molar refractivity (Wildman–Crippen MR) is 27.0 cm³/mol. The highest BCUT2D eigenvalue weighted by Gasteiger charge is 1.78. The normalized spacial score (nSPS) is 13.0. The Labute approximate surface area is 38.0 Å². The largest absolute Gasteiger partial charge is 0.377 e. The van der Waals surface area contributed by atoms with Crippen LogP contribution >= 0.6 is 0 Å². The fourth-order valence-corrected chi connectivity index (χ4v) is 0.186. The second-order valence-corrected chi connectivity index (χ2v) is 1.16. The third-order valence-electron chi connectivity index (χ3n) is 0.381. The van der Waals surface area contributed by atoms with Crippen molar-refractivity contribution in [3.63, 3.8) is 0 Å². The molecule has 2 heteroatoms. The Hall–Kier alpha value is -0.500.